The molecule has 1 fully saturated rings. The topological polar surface area (TPSA) is 66.5 Å². The Morgan fingerprint density at radius 3 is 2.54 bits per heavy atom. The molecule has 1 amide bonds. The highest BCUT2D eigenvalue weighted by Crippen LogP contribution is 2.20. The molecule has 1 aromatic rings. The van der Waals surface area contributed by atoms with Crippen LogP contribution in [0.2, 0.25) is 0 Å². The third-order valence-corrected chi connectivity index (χ3v) is 7.20. The van der Waals surface area contributed by atoms with Crippen LogP contribution in [-0.4, -0.2) is 49.8 Å². The predicted octanol–water partition coefficient (Wildman–Crippen LogP) is 2.35. The summed E-state index contributed by atoms with van der Waals surface area (Å²) in [5, 5.41) is 2.99. The molecule has 0 saturated carbocycles. The van der Waals surface area contributed by atoms with Crippen LogP contribution in [-0.2, 0) is 14.8 Å². The summed E-state index contributed by atoms with van der Waals surface area (Å²) in [7, 11) is -3.12. The first-order valence-electron chi connectivity index (χ1n) is 8.46. The van der Waals surface area contributed by atoms with E-state index in [1.807, 2.05) is 18.2 Å². The van der Waals surface area contributed by atoms with Gasteiger partial charge in [0.15, 0.2) is 0 Å². The van der Waals surface area contributed by atoms with Gasteiger partial charge >= 0.3 is 0 Å². The molecule has 1 aromatic carbocycles. The van der Waals surface area contributed by atoms with Crippen LogP contribution in [0.1, 0.15) is 26.2 Å². The van der Waals surface area contributed by atoms with Gasteiger partial charge in [-0.05, 0) is 44.1 Å². The minimum Gasteiger partial charge on any atom is -0.356 e. The number of hydrogen-bond donors (Lipinski definition) is 1. The molecule has 0 atom stereocenters. The molecule has 24 heavy (non-hydrogen) atoms. The molecule has 0 spiro atoms. The van der Waals surface area contributed by atoms with Gasteiger partial charge in [-0.25, -0.2) is 12.7 Å². The summed E-state index contributed by atoms with van der Waals surface area (Å²) in [4.78, 5) is 13.4. The first-order chi connectivity index (χ1) is 11.5. The Hall–Kier alpha value is -1.05. The SMILES string of the molecule is CCS(=O)(=O)N1CCC(C(=O)NCCCSc2ccccc2)CC1. The average molecular weight is 371 g/mol. The molecule has 5 nitrogen and oxygen atoms in total. The van der Waals surface area contributed by atoms with E-state index in [-0.39, 0.29) is 17.6 Å². The van der Waals surface area contributed by atoms with E-state index < -0.39 is 10.0 Å². The maximum Gasteiger partial charge on any atom is 0.223 e. The van der Waals surface area contributed by atoms with Crippen LogP contribution in [0.15, 0.2) is 35.2 Å². The van der Waals surface area contributed by atoms with Crippen LogP contribution in [0.4, 0.5) is 0 Å². The lowest BCUT2D eigenvalue weighted by Crippen LogP contribution is -2.43. The monoisotopic (exact) mass is 370 g/mol. The Kier molecular flexibility index (Phi) is 7.58. The quantitative estimate of drug-likeness (QED) is 0.563. The number of piperidine rings is 1. The van der Waals surface area contributed by atoms with Gasteiger partial charge in [-0.15, -0.1) is 11.8 Å². The molecule has 1 saturated heterocycles. The first kappa shape index (κ1) is 19.3. The van der Waals surface area contributed by atoms with Gasteiger partial charge in [0.25, 0.3) is 0 Å². The van der Waals surface area contributed by atoms with Gasteiger partial charge in [0.1, 0.15) is 0 Å². The molecular formula is C17H26N2O3S2. The maximum atomic E-state index is 12.2. The number of hydrogen-bond acceptors (Lipinski definition) is 4. The second-order valence-electron chi connectivity index (χ2n) is 5.88. The van der Waals surface area contributed by atoms with Crippen molar-refractivity contribution >= 4 is 27.7 Å². The zero-order valence-corrected chi connectivity index (χ0v) is 15.7. The largest absolute Gasteiger partial charge is 0.356 e. The second kappa shape index (κ2) is 9.44. The van der Waals surface area contributed by atoms with E-state index in [9.17, 15) is 13.2 Å². The summed E-state index contributed by atoms with van der Waals surface area (Å²) in [5.41, 5.74) is 0. The fraction of sp³-hybridized carbons (Fsp3) is 0.588. The number of nitrogens with zero attached hydrogens (tertiary/aromatic N) is 1. The van der Waals surface area contributed by atoms with Crippen molar-refractivity contribution in [1.29, 1.82) is 0 Å². The first-order valence-corrected chi connectivity index (χ1v) is 11.1. The van der Waals surface area contributed by atoms with E-state index in [1.54, 1.807) is 18.7 Å². The lowest BCUT2D eigenvalue weighted by molar-refractivity contribution is -0.126. The molecule has 0 bridgehead atoms. The van der Waals surface area contributed by atoms with E-state index in [4.69, 9.17) is 0 Å². The van der Waals surface area contributed by atoms with E-state index in [0.29, 0.717) is 32.5 Å². The average Bonchev–Trinajstić information content (AvgIpc) is 2.62. The van der Waals surface area contributed by atoms with Crippen LogP contribution < -0.4 is 5.32 Å². The normalized spacial score (nSPS) is 16.9. The highest BCUT2D eigenvalue weighted by molar-refractivity contribution is 7.99. The van der Waals surface area contributed by atoms with Crippen molar-refractivity contribution in [3.63, 3.8) is 0 Å². The van der Waals surface area contributed by atoms with Crippen molar-refractivity contribution in [3.8, 4) is 0 Å². The lowest BCUT2D eigenvalue weighted by atomic mass is 9.97. The highest BCUT2D eigenvalue weighted by Gasteiger charge is 2.29. The van der Waals surface area contributed by atoms with Gasteiger partial charge < -0.3 is 5.32 Å². The van der Waals surface area contributed by atoms with Crippen LogP contribution in [0, 0.1) is 5.92 Å². The fourth-order valence-corrected chi connectivity index (χ4v) is 4.72. The minimum absolute atomic E-state index is 0.0601. The van der Waals surface area contributed by atoms with Gasteiger partial charge in [-0.3, -0.25) is 4.79 Å². The van der Waals surface area contributed by atoms with Gasteiger partial charge in [-0.2, -0.15) is 0 Å². The Morgan fingerprint density at radius 1 is 1.25 bits per heavy atom. The van der Waals surface area contributed by atoms with E-state index in [1.165, 1.54) is 9.20 Å². The summed E-state index contributed by atoms with van der Waals surface area (Å²) in [5.74, 6) is 1.10. The van der Waals surface area contributed by atoms with E-state index in [2.05, 4.69) is 17.4 Å². The Morgan fingerprint density at radius 2 is 1.92 bits per heavy atom. The Labute approximate surface area is 149 Å². The lowest BCUT2D eigenvalue weighted by Gasteiger charge is -2.30. The van der Waals surface area contributed by atoms with E-state index >= 15 is 0 Å². The summed E-state index contributed by atoms with van der Waals surface area (Å²) < 4.78 is 25.1. The molecule has 7 heteroatoms. The number of amides is 1. The van der Waals surface area contributed by atoms with Crippen LogP contribution in [0.25, 0.3) is 0 Å². The zero-order valence-electron chi connectivity index (χ0n) is 14.1. The van der Waals surface area contributed by atoms with Gasteiger partial charge in [0.2, 0.25) is 15.9 Å². The predicted molar refractivity (Wildman–Crippen MR) is 98.6 cm³/mol. The van der Waals surface area contributed by atoms with Gasteiger partial charge in [0, 0.05) is 30.4 Å². The molecule has 0 aromatic heterocycles. The molecule has 0 radical (unpaired) electrons. The molecule has 1 heterocycles. The molecule has 134 valence electrons. The number of sulfonamides is 1. The third-order valence-electron chi connectivity index (χ3n) is 4.22. The summed E-state index contributed by atoms with van der Waals surface area (Å²) in [6, 6.07) is 10.2. The number of carbonyl (C=O) groups excluding carboxylic acids is 1. The summed E-state index contributed by atoms with van der Waals surface area (Å²) in [6.07, 6.45) is 2.15. The third kappa shape index (κ3) is 5.79. The van der Waals surface area contributed by atoms with Gasteiger partial charge in [0.05, 0.1) is 5.75 Å². The van der Waals surface area contributed by atoms with Crippen molar-refractivity contribution in [2.75, 3.05) is 31.1 Å². The summed E-state index contributed by atoms with van der Waals surface area (Å²) >= 11 is 1.79. The number of carbonyl (C=O) groups is 1. The standard InChI is InChI=1S/C17H26N2O3S2/c1-2-24(21,22)19-12-9-15(10-13-19)17(20)18-11-6-14-23-16-7-4-3-5-8-16/h3-5,7-8,15H,2,6,9-14H2,1H3,(H,18,20). The van der Waals surface area contributed by atoms with Crippen molar-refractivity contribution in [2.45, 2.75) is 31.1 Å². The molecule has 0 unspecified atom stereocenters. The number of rotatable bonds is 8. The number of benzene rings is 1. The summed E-state index contributed by atoms with van der Waals surface area (Å²) in [6.45, 7) is 3.24. The molecule has 1 aliphatic rings. The Balaban J connectivity index is 1.62. The second-order valence-corrected chi connectivity index (χ2v) is 9.31. The maximum absolute atomic E-state index is 12.2. The van der Waals surface area contributed by atoms with E-state index in [0.717, 1.165) is 12.2 Å². The van der Waals surface area contributed by atoms with Crippen molar-refractivity contribution < 1.29 is 13.2 Å². The minimum atomic E-state index is -3.12. The van der Waals surface area contributed by atoms with Crippen molar-refractivity contribution in [3.05, 3.63) is 30.3 Å². The van der Waals surface area contributed by atoms with Crippen LogP contribution in [0.3, 0.4) is 0 Å². The fourth-order valence-electron chi connectivity index (χ4n) is 2.71. The van der Waals surface area contributed by atoms with Crippen molar-refractivity contribution in [1.82, 2.24) is 9.62 Å². The molecular weight excluding hydrogens is 344 g/mol. The zero-order chi connectivity index (χ0) is 17.4. The molecule has 0 aliphatic carbocycles. The van der Waals surface area contributed by atoms with Crippen LogP contribution >= 0.6 is 11.8 Å². The van der Waals surface area contributed by atoms with Gasteiger partial charge in [-0.1, -0.05) is 18.2 Å². The van der Waals surface area contributed by atoms with Crippen LogP contribution in [0.5, 0.6) is 0 Å². The highest BCUT2D eigenvalue weighted by atomic mass is 32.2. The molecule has 1 N–H and O–H groups in total. The molecule has 2 rings (SSSR count). The number of thioether (sulfide) groups is 1. The van der Waals surface area contributed by atoms with Crippen molar-refractivity contribution in [2.24, 2.45) is 5.92 Å². The molecule has 1 aliphatic heterocycles. The number of nitrogens with one attached hydrogen (secondary N) is 1. The smallest absolute Gasteiger partial charge is 0.223 e. The Bertz CT molecular complexity index is 612.